The fraction of sp³-hybridized carbons (Fsp3) is 0.538. The largest absolute Gasteiger partial charge is 0.493 e. The van der Waals surface area contributed by atoms with Crippen LogP contribution in [0.2, 0.25) is 0 Å². The molecule has 1 aromatic rings. The molecule has 0 spiro atoms. The van der Waals surface area contributed by atoms with Gasteiger partial charge in [0.05, 0.1) is 6.61 Å². The maximum atomic E-state index is 5.63. The molecule has 14 heavy (non-hydrogen) atoms. The highest BCUT2D eigenvalue weighted by Gasteiger charge is 2.16. The van der Waals surface area contributed by atoms with Gasteiger partial charge in [0, 0.05) is 0 Å². The van der Waals surface area contributed by atoms with Crippen LogP contribution in [-0.2, 0) is 6.42 Å². The van der Waals surface area contributed by atoms with Gasteiger partial charge in [-0.25, -0.2) is 0 Å². The summed E-state index contributed by atoms with van der Waals surface area (Å²) in [5.74, 6) is 1.81. The van der Waals surface area contributed by atoms with Crippen LogP contribution in [0.4, 0.5) is 0 Å². The van der Waals surface area contributed by atoms with E-state index in [1.165, 1.54) is 18.4 Å². The van der Waals surface area contributed by atoms with Gasteiger partial charge in [0.1, 0.15) is 5.75 Å². The Bertz CT molecular complexity index is 268. The zero-order valence-corrected chi connectivity index (χ0v) is 9.42. The lowest BCUT2D eigenvalue weighted by molar-refractivity contribution is 0.218. The molecule has 1 aromatic carbocycles. The van der Waals surface area contributed by atoms with Crippen LogP contribution in [0.3, 0.4) is 0 Å². The first-order chi connectivity index (χ1) is 6.90. The highest BCUT2D eigenvalue weighted by molar-refractivity contribution is 5.34. The minimum absolute atomic E-state index is 0.722. The van der Waals surface area contributed by atoms with E-state index in [0.29, 0.717) is 0 Å². The molecule has 0 amide bonds. The molecule has 2 rings (SSSR count). The lowest BCUT2D eigenvalue weighted by atomic mass is 9.95. The van der Waals surface area contributed by atoms with E-state index in [-0.39, 0.29) is 0 Å². The zero-order chi connectivity index (χ0) is 10.4. The summed E-state index contributed by atoms with van der Waals surface area (Å²) in [6.07, 6.45) is 2.40. The van der Waals surface area contributed by atoms with Crippen molar-refractivity contribution in [2.75, 3.05) is 6.61 Å². The molecule has 0 aromatic heterocycles. The first-order valence-corrected chi connectivity index (χ1v) is 5.61. The molecule has 1 aliphatic heterocycles. The molecule has 1 atom stereocenters. The highest BCUT2D eigenvalue weighted by Crippen LogP contribution is 2.27. The van der Waals surface area contributed by atoms with Crippen molar-refractivity contribution in [3.05, 3.63) is 29.8 Å². The summed E-state index contributed by atoms with van der Waals surface area (Å²) in [6.45, 7) is 7.12. The Morgan fingerprint density at radius 2 is 2.00 bits per heavy atom. The average Bonchev–Trinajstić information content (AvgIpc) is 2.31. The van der Waals surface area contributed by atoms with Gasteiger partial charge < -0.3 is 4.74 Å². The number of hydrogen-bond acceptors (Lipinski definition) is 1. The third kappa shape index (κ3) is 2.50. The summed E-state index contributed by atoms with van der Waals surface area (Å²) in [6, 6.07) is 8.34. The van der Waals surface area contributed by atoms with Crippen molar-refractivity contribution in [1.29, 1.82) is 0 Å². The van der Waals surface area contributed by atoms with Crippen molar-refractivity contribution >= 4 is 0 Å². The zero-order valence-electron chi connectivity index (χ0n) is 9.42. The SMILES string of the molecule is CC.CCC1COc2ccccc2C1. The van der Waals surface area contributed by atoms with Crippen molar-refractivity contribution in [3.8, 4) is 5.75 Å². The van der Waals surface area contributed by atoms with Crippen LogP contribution >= 0.6 is 0 Å². The minimum Gasteiger partial charge on any atom is -0.493 e. The molecule has 0 aliphatic carbocycles. The molecule has 0 fully saturated rings. The molecule has 1 nitrogen and oxygen atoms in total. The summed E-state index contributed by atoms with van der Waals surface area (Å²) in [7, 11) is 0. The van der Waals surface area contributed by atoms with E-state index >= 15 is 0 Å². The van der Waals surface area contributed by atoms with Crippen LogP contribution in [0, 0.1) is 5.92 Å². The highest BCUT2D eigenvalue weighted by atomic mass is 16.5. The van der Waals surface area contributed by atoms with Crippen molar-refractivity contribution in [2.24, 2.45) is 5.92 Å². The first kappa shape index (κ1) is 11.1. The lowest BCUT2D eigenvalue weighted by Crippen LogP contribution is -2.19. The Kier molecular flexibility index (Phi) is 4.51. The lowest BCUT2D eigenvalue weighted by Gasteiger charge is -2.23. The second-order valence-electron chi connectivity index (χ2n) is 3.40. The van der Waals surface area contributed by atoms with Crippen molar-refractivity contribution < 1.29 is 4.74 Å². The number of rotatable bonds is 1. The molecule has 0 saturated heterocycles. The van der Waals surface area contributed by atoms with Gasteiger partial charge >= 0.3 is 0 Å². The topological polar surface area (TPSA) is 9.23 Å². The van der Waals surface area contributed by atoms with Crippen molar-refractivity contribution in [1.82, 2.24) is 0 Å². The van der Waals surface area contributed by atoms with Gasteiger partial charge in [0.2, 0.25) is 0 Å². The van der Waals surface area contributed by atoms with Crippen LogP contribution in [0.1, 0.15) is 32.8 Å². The average molecular weight is 192 g/mol. The molecule has 1 aliphatic rings. The van der Waals surface area contributed by atoms with E-state index in [1.54, 1.807) is 0 Å². The van der Waals surface area contributed by atoms with Crippen molar-refractivity contribution in [2.45, 2.75) is 33.6 Å². The van der Waals surface area contributed by atoms with Crippen LogP contribution < -0.4 is 4.74 Å². The Balaban J connectivity index is 0.000000461. The third-order valence-corrected chi connectivity index (χ3v) is 2.53. The molecule has 78 valence electrons. The summed E-state index contributed by atoms with van der Waals surface area (Å²) in [5, 5.41) is 0. The molecule has 1 heterocycles. The fourth-order valence-electron chi connectivity index (χ4n) is 1.65. The molecule has 0 radical (unpaired) electrons. The van der Waals surface area contributed by atoms with Crippen LogP contribution in [0.15, 0.2) is 24.3 Å². The third-order valence-electron chi connectivity index (χ3n) is 2.53. The van der Waals surface area contributed by atoms with Crippen LogP contribution in [-0.4, -0.2) is 6.61 Å². The minimum atomic E-state index is 0.722. The normalized spacial score (nSPS) is 18.6. The number of ether oxygens (including phenoxy) is 1. The number of para-hydroxylation sites is 1. The van der Waals surface area contributed by atoms with E-state index in [4.69, 9.17) is 4.74 Å². The van der Waals surface area contributed by atoms with E-state index in [0.717, 1.165) is 18.3 Å². The maximum absolute atomic E-state index is 5.63. The van der Waals surface area contributed by atoms with E-state index in [2.05, 4.69) is 25.1 Å². The summed E-state index contributed by atoms with van der Waals surface area (Å²) in [4.78, 5) is 0. The van der Waals surface area contributed by atoms with Gasteiger partial charge in [-0.05, 0) is 30.4 Å². The predicted octanol–water partition coefficient (Wildman–Crippen LogP) is 3.67. The second-order valence-corrected chi connectivity index (χ2v) is 3.40. The quantitative estimate of drug-likeness (QED) is 0.659. The Morgan fingerprint density at radius 3 is 2.71 bits per heavy atom. The first-order valence-electron chi connectivity index (χ1n) is 5.61. The Labute approximate surface area is 87.1 Å². The fourth-order valence-corrected chi connectivity index (χ4v) is 1.65. The molecule has 0 bridgehead atoms. The molecule has 0 N–H and O–H groups in total. The van der Waals surface area contributed by atoms with Crippen molar-refractivity contribution in [3.63, 3.8) is 0 Å². The molecular weight excluding hydrogens is 172 g/mol. The molecular formula is C13H20O. The predicted molar refractivity (Wildman–Crippen MR) is 60.8 cm³/mol. The summed E-state index contributed by atoms with van der Waals surface area (Å²) in [5.41, 5.74) is 1.37. The molecule has 0 saturated carbocycles. The van der Waals surface area contributed by atoms with Gasteiger partial charge in [-0.2, -0.15) is 0 Å². The van der Waals surface area contributed by atoms with E-state index < -0.39 is 0 Å². The summed E-state index contributed by atoms with van der Waals surface area (Å²) >= 11 is 0. The standard InChI is InChI=1S/C11H14O.C2H6/c1-2-9-7-10-5-3-4-6-11(10)12-8-9;1-2/h3-6,9H,2,7-8H2,1H3;1-2H3. The van der Waals surface area contributed by atoms with Crippen LogP contribution in [0.5, 0.6) is 5.75 Å². The van der Waals surface area contributed by atoms with Gasteiger partial charge in [-0.1, -0.05) is 39.0 Å². The van der Waals surface area contributed by atoms with Crippen LogP contribution in [0.25, 0.3) is 0 Å². The smallest absolute Gasteiger partial charge is 0.122 e. The van der Waals surface area contributed by atoms with Gasteiger partial charge in [-0.3, -0.25) is 0 Å². The maximum Gasteiger partial charge on any atom is 0.122 e. The molecule has 1 heteroatoms. The Hall–Kier alpha value is -0.980. The number of hydrogen-bond donors (Lipinski definition) is 0. The van der Waals surface area contributed by atoms with Gasteiger partial charge in [0.15, 0.2) is 0 Å². The van der Waals surface area contributed by atoms with Gasteiger partial charge in [-0.15, -0.1) is 0 Å². The Morgan fingerprint density at radius 1 is 1.29 bits per heavy atom. The van der Waals surface area contributed by atoms with E-state index in [9.17, 15) is 0 Å². The van der Waals surface area contributed by atoms with E-state index in [1.807, 2.05) is 19.9 Å². The molecule has 1 unspecified atom stereocenters. The monoisotopic (exact) mass is 192 g/mol. The van der Waals surface area contributed by atoms with Gasteiger partial charge in [0.25, 0.3) is 0 Å². The number of benzene rings is 1. The number of fused-ring (bicyclic) bond motifs is 1. The second kappa shape index (κ2) is 5.69. The summed E-state index contributed by atoms with van der Waals surface area (Å²) < 4.78 is 5.63.